The highest BCUT2D eigenvalue weighted by Gasteiger charge is 2.37. The second-order valence-electron chi connectivity index (χ2n) is 5.32. The number of alkyl halides is 1. The first-order valence-corrected chi connectivity index (χ1v) is 8.50. The molecule has 1 aromatic rings. The Morgan fingerprint density at radius 2 is 2.27 bits per heavy atom. The number of aromatic nitrogens is 2. The lowest BCUT2D eigenvalue weighted by Crippen LogP contribution is -2.48. The summed E-state index contributed by atoms with van der Waals surface area (Å²) in [6.45, 7) is 1.35. The maximum absolute atomic E-state index is 14.5. The van der Waals surface area contributed by atoms with Crippen LogP contribution in [0.25, 0.3) is 0 Å². The first-order valence-electron chi connectivity index (χ1n) is 7.28. The van der Waals surface area contributed by atoms with Crippen LogP contribution in [0.15, 0.2) is 22.5 Å². The van der Waals surface area contributed by atoms with E-state index < -0.39 is 12.1 Å². The molecule has 2 atom stereocenters. The Hall–Kier alpha value is -1.70. The first kappa shape index (κ1) is 15.2. The van der Waals surface area contributed by atoms with Gasteiger partial charge in [0.2, 0.25) is 5.91 Å². The molecule has 2 aliphatic heterocycles. The number of rotatable bonds is 3. The number of hydrazone groups is 1. The number of thioether (sulfide) groups is 1. The lowest BCUT2D eigenvalue weighted by molar-refractivity contribution is -0.137. The van der Waals surface area contributed by atoms with Gasteiger partial charge in [-0.25, -0.2) is 19.4 Å². The second kappa shape index (κ2) is 6.60. The van der Waals surface area contributed by atoms with Crippen molar-refractivity contribution in [3.8, 4) is 0 Å². The fourth-order valence-corrected chi connectivity index (χ4v) is 3.13. The van der Waals surface area contributed by atoms with Crippen molar-refractivity contribution in [3.63, 3.8) is 0 Å². The molecule has 0 N–H and O–H groups in total. The van der Waals surface area contributed by atoms with Gasteiger partial charge >= 0.3 is 0 Å². The Bertz CT molecular complexity index is 584. The molecule has 1 aromatic heterocycles. The molecule has 1 fully saturated rings. The third-order valence-corrected chi connectivity index (χ3v) is 4.61. The van der Waals surface area contributed by atoms with Crippen molar-refractivity contribution in [2.45, 2.75) is 24.0 Å². The van der Waals surface area contributed by atoms with Gasteiger partial charge < -0.3 is 4.90 Å². The van der Waals surface area contributed by atoms with Crippen molar-refractivity contribution in [2.75, 3.05) is 30.8 Å². The highest BCUT2D eigenvalue weighted by molar-refractivity contribution is 7.98. The minimum Gasteiger partial charge on any atom is -0.354 e. The van der Waals surface area contributed by atoms with E-state index in [1.165, 1.54) is 23.1 Å². The van der Waals surface area contributed by atoms with Crippen LogP contribution in [-0.2, 0) is 4.79 Å². The summed E-state index contributed by atoms with van der Waals surface area (Å²) >= 11 is 1.52. The van der Waals surface area contributed by atoms with Crippen LogP contribution in [0, 0.1) is 5.92 Å². The van der Waals surface area contributed by atoms with Crippen LogP contribution in [0.1, 0.15) is 12.8 Å². The van der Waals surface area contributed by atoms with E-state index in [0.717, 1.165) is 11.4 Å². The van der Waals surface area contributed by atoms with Crippen molar-refractivity contribution in [3.05, 3.63) is 12.4 Å². The zero-order valence-corrected chi connectivity index (χ0v) is 13.2. The maximum Gasteiger partial charge on any atom is 0.248 e. The standard InChI is InChI=1S/C14H18FN5OS/c1-22-13-7-12(16-9-17-13)19-6-3-10(11(15)8-19)14(21)20-5-2-4-18-20/h4,7,9-11H,2-3,5-6,8H2,1H3. The summed E-state index contributed by atoms with van der Waals surface area (Å²) in [4.78, 5) is 22.5. The van der Waals surface area contributed by atoms with Crippen LogP contribution in [0.4, 0.5) is 10.2 Å². The van der Waals surface area contributed by atoms with E-state index in [2.05, 4.69) is 15.1 Å². The van der Waals surface area contributed by atoms with Gasteiger partial charge in [0.1, 0.15) is 23.3 Å². The van der Waals surface area contributed by atoms with Crippen molar-refractivity contribution in [1.29, 1.82) is 0 Å². The van der Waals surface area contributed by atoms with Gasteiger partial charge in [0.15, 0.2) is 0 Å². The summed E-state index contributed by atoms with van der Waals surface area (Å²) in [5.41, 5.74) is 0. The number of halogens is 1. The van der Waals surface area contributed by atoms with Crippen molar-refractivity contribution < 1.29 is 9.18 Å². The van der Waals surface area contributed by atoms with Gasteiger partial charge in [0.05, 0.1) is 12.5 Å². The van der Waals surface area contributed by atoms with Crippen LogP contribution in [0.2, 0.25) is 0 Å². The normalized spacial score (nSPS) is 24.8. The van der Waals surface area contributed by atoms with Crippen molar-refractivity contribution in [2.24, 2.45) is 11.0 Å². The van der Waals surface area contributed by atoms with Gasteiger partial charge in [-0.1, -0.05) is 0 Å². The SMILES string of the molecule is CSc1cc(N2CCC(C(=O)N3CCC=N3)C(F)C2)ncn1. The largest absolute Gasteiger partial charge is 0.354 e. The van der Waals surface area contributed by atoms with E-state index in [4.69, 9.17) is 0 Å². The number of carbonyl (C=O) groups excluding carboxylic acids is 1. The summed E-state index contributed by atoms with van der Waals surface area (Å²) in [5.74, 6) is -0.0890. The highest BCUT2D eigenvalue weighted by Crippen LogP contribution is 2.27. The predicted octanol–water partition coefficient (Wildman–Crippen LogP) is 1.58. The molecule has 1 amide bonds. The van der Waals surface area contributed by atoms with Crippen LogP contribution in [0.5, 0.6) is 0 Å². The van der Waals surface area contributed by atoms with Crippen LogP contribution in [0.3, 0.4) is 0 Å². The maximum atomic E-state index is 14.5. The van der Waals surface area contributed by atoms with Crippen LogP contribution >= 0.6 is 11.8 Å². The molecule has 6 nitrogen and oxygen atoms in total. The molecule has 3 rings (SSSR count). The molecule has 0 aromatic carbocycles. The third kappa shape index (κ3) is 3.06. The molecule has 0 bridgehead atoms. The molecule has 22 heavy (non-hydrogen) atoms. The van der Waals surface area contributed by atoms with Crippen molar-refractivity contribution >= 4 is 29.7 Å². The predicted molar refractivity (Wildman–Crippen MR) is 83.9 cm³/mol. The van der Waals surface area contributed by atoms with Gasteiger partial charge in [-0.2, -0.15) is 5.10 Å². The lowest BCUT2D eigenvalue weighted by Gasteiger charge is -2.35. The fraction of sp³-hybridized carbons (Fsp3) is 0.571. The average Bonchev–Trinajstić information content (AvgIpc) is 3.08. The molecular weight excluding hydrogens is 305 g/mol. The molecular formula is C14H18FN5OS. The van der Waals surface area contributed by atoms with Gasteiger partial charge in [0, 0.05) is 31.8 Å². The number of nitrogens with zero attached hydrogens (tertiary/aromatic N) is 5. The molecule has 0 saturated carbocycles. The van der Waals surface area contributed by atoms with Gasteiger partial charge in [0.25, 0.3) is 0 Å². The Balaban J connectivity index is 1.66. The number of amides is 1. The summed E-state index contributed by atoms with van der Waals surface area (Å²) in [7, 11) is 0. The van der Waals surface area contributed by atoms with Gasteiger partial charge in [-0.05, 0) is 12.7 Å². The molecule has 1 saturated heterocycles. The second-order valence-corrected chi connectivity index (χ2v) is 6.15. The zero-order chi connectivity index (χ0) is 15.5. The lowest BCUT2D eigenvalue weighted by atomic mass is 9.93. The van der Waals surface area contributed by atoms with Crippen molar-refractivity contribution in [1.82, 2.24) is 15.0 Å². The summed E-state index contributed by atoms with van der Waals surface area (Å²) in [6.07, 6.45) is 5.15. The zero-order valence-electron chi connectivity index (χ0n) is 12.4. The molecule has 0 radical (unpaired) electrons. The van der Waals surface area contributed by atoms with E-state index in [1.54, 1.807) is 6.21 Å². The molecule has 0 aliphatic carbocycles. The summed E-state index contributed by atoms with van der Waals surface area (Å²) < 4.78 is 14.5. The van der Waals surface area contributed by atoms with E-state index in [9.17, 15) is 9.18 Å². The van der Waals surface area contributed by atoms with Crippen LogP contribution in [-0.4, -0.2) is 59.2 Å². The molecule has 8 heteroatoms. The minimum atomic E-state index is -1.20. The average molecular weight is 323 g/mol. The molecule has 2 aliphatic rings. The number of carbonyl (C=O) groups is 1. The Morgan fingerprint density at radius 3 is 2.95 bits per heavy atom. The molecule has 118 valence electrons. The molecule has 2 unspecified atom stereocenters. The number of anilines is 1. The highest BCUT2D eigenvalue weighted by atomic mass is 32.2. The van der Waals surface area contributed by atoms with Gasteiger partial charge in [-0.15, -0.1) is 11.8 Å². The Labute approximate surface area is 132 Å². The van der Waals surface area contributed by atoms with Gasteiger partial charge in [-0.3, -0.25) is 4.79 Å². The first-order chi connectivity index (χ1) is 10.7. The third-order valence-electron chi connectivity index (χ3n) is 3.96. The smallest absolute Gasteiger partial charge is 0.248 e. The van der Waals surface area contributed by atoms with E-state index in [1.807, 2.05) is 17.2 Å². The monoisotopic (exact) mass is 323 g/mol. The van der Waals surface area contributed by atoms with E-state index in [-0.39, 0.29) is 12.5 Å². The van der Waals surface area contributed by atoms with E-state index >= 15 is 0 Å². The fourth-order valence-electron chi connectivity index (χ4n) is 2.76. The topological polar surface area (TPSA) is 61.7 Å². The van der Waals surface area contributed by atoms with E-state index in [0.29, 0.717) is 25.3 Å². The van der Waals surface area contributed by atoms with Crippen LogP contribution < -0.4 is 4.90 Å². The molecule has 0 spiro atoms. The number of hydrogen-bond acceptors (Lipinski definition) is 6. The number of hydrogen-bond donors (Lipinski definition) is 0. The summed E-state index contributed by atoms with van der Waals surface area (Å²) in [5, 5.41) is 6.24. The minimum absolute atomic E-state index is 0.179. The summed E-state index contributed by atoms with van der Waals surface area (Å²) in [6, 6.07) is 1.85. The number of piperidine rings is 1. The Morgan fingerprint density at radius 1 is 1.41 bits per heavy atom. The Kier molecular flexibility index (Phi) is 4.56. The molecule has 3 heterocycles. The quantitative estimate of drug-likeness (QED) is 0.624.